The molecule has 0 saturated carbocycles. The van der Waals surface area contributed by atoms with Gasteiger partial charge in [-0.3, -0.25) is 14.4 Å². The number of ether oxygens (including phenoxy) is 2. The Labute approximate surface area is 175 Å². The summed E-state index contributed by atoms with van der Waals surface area (Å²) in [7, 11) is 1.38. The minimum atomic E-state index is -1.23. The van der Waals surface area contributed by atoms with Gasteiger partial charge in [0.2, 0.25) is 0 Å². The van der Waals surface area contributed by atoms with E-state index in [1.165, 1.54) is 26.4 Å². The molecule has 0 fully saturated rings. The highest BCUT2D eigenvalue weighted by molar-refractivity contribution is 5.90. The number of hydrogen-bond donors (Lipinski definition) is 2. The molecule has 0 aromatic heterocycles. The van der Waals surface area contributed by atoms with Crippen LogP contribution in [0.2, 0.25) is 0 Å². The summed E-state index contributed by atoms with van der Waals surface area (Å²) in [6.07, 6.45) is 10.3. The molecule has 0 heterocycles. The van der Waals surface area contributed by atoms with Crippen LogP contribution in [0.4, 0.5) is 0 Å². The zero-order chi connectivity index (χ0) is 21.9. The van der Waals surface area contributed by atoms with Crippen molar-refractivity contribution in [2.24, 2.45) is 0 Å². The lowest BCUT2D eigenvalue weighted by molar-refractivity contribution is -0.160. The van der Waals surface area contributed by atoms with Gasteiger partial charge in [0.1, 0.15) is 12.5 Å². The fourth-order valence-electron chi connectivity index (χ4n) is 3.23. The Bertz CT molecular complexity index is 450. The van der Waals surface area contributed by atoms with E-state index in [0.717, 1.165) is 51.4 Å². The van der Waals surface area contributed by atoms with Gasteiger partial charge in [-0.2, -0.15) is 0 Å². The standard InChI is InChI=1S/C22H40O7/c1-3-4-5-6-8-11-14-18(23)19(29-22(27)17-20(24)25)15-12-9-7-10-13-16-21(26)28-2/h18-19,23H,3-17H2,1-2H3,(H,24,25). The summed E-state index contributed by atoms with van der Waals surface area (Å²) in [5.74, 6) is -2.24. The van der Waals surface area contributed by atoms with Crippen LogP contribution in [0.15, 0.2) is 0 Å². The van der Waals surface area contributed by atoms with Crippen molar-refractivity contribution in [2.75, 3.05) is 7.11 Å². The summed E-state index contributed by atoms with van der Waals surface area (Å²) < 4.78 is 9.86. The summed E-state index contributed by atoms with van der Waals surface area (Å²) in [5.41, 5.74) is 0. The molecule has 0 aliphatic rings. The van der Waals surface area contributed by atoms with Gasteiger partial charge in [-0.15, -0.1) is 0 Å². The Balaban J connectivity index is 4.22. The Morgan fingerprint density at radius 1 is 0.793 bits per heavy atom. The second-order valence-corrected chi connectivity index (χ2v) is 7.61. The normalized spacial score (nSPS) is 12.9. The van der Waals surface area contributed by atoms with Gasteiger partial charge in [-0.25, -0.2) is 0 Å². The van der Waals surface area contributed by atoms with Crippen LogP contribution in [0, 0.1) is 0 Å². The van der Waals surface area contributed by atoms with Crippen LogP contribution in [0.3, 0.4) is 0 Å². The third-order valence-corrected chi connectivity index (χ3v) is 4.96. The second-order valence-electron chi connectivity index (χ2n) is 7.61. The molecule has 7 heteroatoms. The first-order chi connectivity index (χ1) is 13.9. The van der Waals surface area contributed by atoms with Crippen molar-refractivity contribution >= 4 is 17.9 Å². The Kier molecular flexibility index (Phi) is 17.4. The van der Waals surface area contributed by atoms with Crippen molar-refractivity contribution in [3.05, 3.63) is 0 Å². The van der Waals surface area contributed by atoms with Gasteiger partial charge in [0.25, 0.3) is 0 Å². The Morgan fingerprint density at radius 3 is 1.93 bits per heavy atom. The summed E-state index contributed by atoms with van der Waals surface area (Å²) in [5, 5.41) is 19.2. The topological polar surface area (TPSA) is 110 Å². The highest BCUT2D eigenvalue weighted by Gasteiger charge is 2.23. The number of esters is 2. The first-order valence-electron chi connectivity index (χ1n) is 11.1. The number of carbonyl (C=O) groups excluding carboxylic acids is 2. The molecule has 29 heavy (non-hydrogen) atoms. The van der Waals surface area contributed by atoms with E-state index >= 15 is 0 Å². The zero-order valence-corrected chi connectivity index (χ0v) is 18.2. The fraction of sp³-hybridized carbons (Fsp3) is 0.864. The molecule has 0 spiro atoms. The number of aliphatic hydroxyl groups is 1. The van der Waals surface area contributed by atoms with E-state index in [-0.39, 0.29) is 5.97 Å². The predicted molar refractivity (Wildman–Crippen MR) is 110 cm³/mol. The number of methoxy groups -OCH3 is 1. The van der Waals surface area contributed by atoms with E-state index in [0.29, 0.717) is 19.3 Å². The highest BCUT2D eigenvalue weighted by Crippen LogP contribution is 2.18. The number of carboxylic acids is 1. The lowest BCUT2D eigenvalue weighted by atomic mass is 9.99. The molecule has 2 unspecified atom stereocenters. The quantitative estimate of drug-likeness (QED) is 0.182. The van der Waals surface area contributed by atoms with Gasteiger partial charge in [-0.05, 0) is 25.7 Å². The summed E-state index contributed by atoms with van der Waals surface area (Å²) >= 11 is 0. The molecule has 0 amide bonds. The van der Waals surface area contributed by atoms with Crippen molar-refractivity contribution in [1.82, 2.24) is 0 Å². The summed E-state index contributed by atoms with van der Waals surface area (Å²) in [6, 6.07) is 0. The Hall–Kier alpha value is -1.63. The van der Waals surface area contributed by atoms with Crippen LogP contribution in [0.1, 0.15) is 103 Å². The zero-order valence-electron chi connectivity index (χ0n) is 18.2. The lowest BCUT2D eigenvalue weighted by Gasteiger charge is -2.23. The number of carbonyl (C=O) groups is 3. The van der Waals surface area contributed by atoms with Gasteiger partial charge in [0.15, 0.2) is 0 Å². The number of aliphatic carboxylic acids is 1. The van der Waals surface area contributed by atoms with Gasteiger partial charge >= 0.3 is 17.9 Å². The average molecular weight is 417 g/mol. The van der Waals surface area contributed by atoms with Crippen molar-refractivity contribution in [3.63, 3.8) is 0 Å². The van der Waals surface area contributed by atoms with Crippen LogP contribution >= 0.6 is 0 Å². The highest BCUT2D eigenvalue weighted by atomic mass is 16.6. The van der Waals surface area contributed by atoms with Crippen molar-refractivity contribution in [2.45, 2.75) is 115 Å². The molecule has 0 aliphatic carbocycles. The maximum absolute atomic E-state index is 11.7. The van der Waals surface area contributed by atoms with Gasteiger partial charge in [-0.1, -0.05) is 64.7 Å². The van der Waals surface area contributed by atoms with E-state index in [2.05, 4.69) is 11.7 Å². The maximum atomic E-state index is 11.7. The van der Waals surface area contributed by atoms with Crippen LogP contribution in [-0.2, 0) is 23.9 Å². The monoisotopic (exact) mass is 416 g/mol. The average Bonchev–Trinajstić information content (AvgIpc) is 2.67. The van der Waals surface area contributed by atoms with Crippen LogP contribution in [-0.4, -0.2) is 47.4 Å². The first-order valence-corrected chi connectivity index (χ1v) is 11.1. The molecule has 0 bridgehead atoms. The molecular formula is C22H40O7. The molecule has 0 saturated heterocycles. The first kappa shape index (κ1) is 27.4. The van der Waals surface area contributed by atoms with Crippen LogP contribution < -0.4 is 0 Å². The minimum absolute atomic E-state index is 0.201. The smallest absolute Gasteiger partial charge is 0.317 e. The number of hydrogen-bond acceptors (Lipinski definition) is 6. The molecule has 0 radical (unpaired) electrons. The fourth-order valence-corrected chi connectivity index (χ4v) is 3.23. The molecule has 7 nitrogen and oxygen atoms in total. The molecule has 0 aromatic carbocycles. The number of unbranched alkanes of at least 4 members (excludes halogenated alkanes) is 9. The Morgan fingerprint density at radius 2 is 1.34 bits per heavy atom. The largest absolute Gasteiger partial charge is 0.481 e. The maximum Gasteiger partial charge on any atom is 0.317 e. The third-order valence-electron chi connectivity index (χ3n) is 4.96. The lowest BCUT2D eigenvalue weighted by Crippen LogP contribution is -2.32. The second kappa shape index (κ2) is 18.4. The van der Waals surface area contributed by atoms with E-state index in [1.807, 2.05) is 0 Å². The van der Waals surface area contributed by atoms with Crippen molar-refractivity contribution < 1.29 is 34.1 Å². The van der Waals surface area contributed by atoms with E-state index in [1.54, 1.807) is 0 Å². The van der Waals surface area contributed by atoms with Crippen LogP contribution in [0.5, 0.6) is 0 Å². The number of rotatable bonds is 19. The van der Waals surface area contributed by atoms with Crippen LogP contribution in [0.25, 0.3) is 0 Å². The van der Waals surface area contributed by atoms with Gasteiger partial charge in [0.05, 0.1) is 13.2 Å². The SMILES string of the molecule is CCCCCCCCC(O)C(CCCCCCCC(=O)OC)OC(=O)CC(=O)O. The van der Waals surface area contributed by atoms with E-state index in [4.69, 9.17) is 9.84 Å². The molecule has 170 valence electrons. The molecule has 0 rings (SSSR count). The third kappa shape index (κ3) is 17.0. The summed E-state index contributed by atoms with van der Waals surface area (Å²) in [6.45, 7) is 2.17. The summed E-state index contributed by atoms with van der Waals surface area (Å²) in [4.78, 5) is 33.5. The van der Waals surface area contributed by atoms with Crippen molar-refractivity contribution in [3.8, 4) is 0 Å². The molecule has 2 N–H and O–H groups in total. The molecule has 2 atom stereocenters. The number of carboxylic acid groups (broad SMARTS) is 1. The van der Waals surface area contributed by atoms with Gasteiger partial charge < -0.3 is 19.7 Å². The van der Waals surface area contributed by atoms with E-state index in [9.17, 15) is 19.5 Å². The van der Waals surface area contributed by atoms with Gasteiger partial charge in [0, 0.05) is 6.42 Å². The predicted octanol–water partition coefficient (Wildman–Crippen LogP) is 4.39. The number of aliphatic hydroxyl groups excluding tert-OH is 1. The molecule has 0 aromatic rings. The van der Waals surface area contributed by atoms with E-state index < -0.39 is 30.6 Å². The minimum Gasteiger partial charge on any atom is -0.481 e. The van der Waals surface area contributed by atoms with Crippen molar-refractivity contribution in [1.29, 1.82) is 0 Å². The molecule has 0 aliphatic heterocycles. The molecular weight excluding hydrogens is 376 g/mol.